The van der Waals surface area contributed by atoms with E-state index < -0.39 is 4.92 Å². The summed E-state index contributed by atoms with van der Waals surface area (Å²) in [6, 6.07) is 1.56. The maximum atomic E-state index is 10.6. The van der Waals surface area contributed by atoms with E-state index in [-0.39, 0.29) is 11.7 Å². The largest absolute Gasteiger partial charge is 0.355 e. The first-order chi connectivity index (χ1) is 8.08. The Balaban J connectivity index is 2.19. The molecule has 0 bridgehead atoms. The van der Waals surface area contributed by atoms with Gasteiger partial charge < -0.3 is 10.6 Å². The van der Waals surface area contributed by atoms with Crippen LogP contribution in [0.25, 0.3) is 0 Å². The van der Waals surface area contributed by atoms with E-state index in [4.69, 9.17) is 17.3 Å². The van der Waals surface area contributed by atoms with Crippen LogP contribution in [0.3, 0.4) is 0 Å². The molecule has 6 nitrogen and oxygen atoms in total. The normalized spacial score (nSPS) is 17.2. The molecule has 0 spiro atoms. The second-order valence-electron chi connectivity index (χ2n) is 4.08. The zero-order valence-electron chi connectivity index (χ0n) is 9.17. The molecule has 1 aromatic rings. The molecule has 17 heavy (non-hydrogen) atoms. The Kier molecular flexibility index (Phi) is 3.44. The first-order valence-electron chi connectivity index (χ1n) is 5.38. The van der Waals surface area contributed by atoms with Crippen molar-refractivity contribution in [2.24, 2.45) is 5.73 Å². The summed E-state index contributed by atoms with van der Waals surface area (Å²) in [5.74, 6) is 0.601. The van der Waals surface area contributed by atoms with Crippen molar-refractivity contribution in [1.29, 1.82) is 0 Å². The number of rotatable bonds is 2. The fourth-order valence-electron chi connectivity index (χ4n) is 1.86. The van der Waals surface area contributed by atoms with E-state index in [2.05, 4.69) is 4.98 Å². The summed E-state index contributed by atoms with van der Waals surface area (Å²) in [6.45, 7) is 1.57. The molecule has 1 aliphatic rings. The Hall–Kier alpha value is -1.40. The van der Waals surface area contributed by atoms with E-state index >= 15 is 0 Å². The van der Waals surface area contributed by atoms with Gasteiger partial charge in [-0.1, -0.05) is 11.6 Å². The van der Waals surface area contributed by atoms with Crippen molar-refractivity contribution < 1.29 is 4.92 Å². The molecule has 1 aliphatic heterocycles. The molecule has 0 saturated carbocycles. The van der Waals surface area contributed by atoms with Crippen molar-refractivity contribution in [3.63, 3.8) is 0 Å². The zero-order chi connectivity index (χ0) is 12.4. The molecule has 0 atom stereocenters. The van der Waals surface area contributed by atoms with Crippen LogP contribution in [-0.4, -0.2) is 29.0 Å². The molecule has 0 aromatic carbocycles. The Morgan fingerprint density at radius 3 is 2.71 bits per heavy atom. The summed E-state index contributed by atoms with van der Waals surface area (Å²) in [4.78, 5) is 16.1. The number of hydrogen-bond acceptors (Lipinski definition) is 5. The Labute approximate surface area is 104 Å². The molecular formula is C10H13ClN4O2. The Bertz CT molecular complexity index is 432. The summed E-state index contributed by atoms with van der Waals surface area (Å²) in [5.41, 5.74) is 5.72. The van der Waals surface area contributed by atoms with Crippen molar-refractivity contribution in [2.75, 3.05) is 18.0 Å². The van der Waals surface area contributed by atoms with Gasteiger partial charge in [-0.15, -0.1) is 0 Å². The molecule has 0 unspecified atom stereocenters. The highest BCUT2D eigenvalue weighted by atomic mass is 35.5. The summed E-state index contributed by atoms with van der Waals surface area (Å²) < 4.78 is 0. The van der Waals surface area contributed by atoms with Gasteiger partial charge in [-0.2, -0.15) is 0 Å². The molecule has 92 valence electrons. The Morgan fingerprint density at radius 1 is 1.53 bits per heavy atom. The van der Waals surface area contributed by atoms with E-state index in [0.717, 1.165) is 25.9 Å². The average molecular weight is 257 g/mol. The fourth-order valence-corrected chi connectivity index (χ4v) is 2.14. The average Bonchev–Trinajstić information content (AvgIpc) is 2.30. The van der Waals surface area contributed by atoms with Gasteiger partial charge in [0, 0.05) is 25.2 Å². The van der Waals surface area contributed by atoms with Crippen LogP contribution >= 0.6 is 11.6 Å². The molecular weight excluding hydrogens is 244 g/mol. The lowest BCUT2D eigenvalue weighted by molar-refractivity contribution is -0.385. The maximum Gasteiger partial charge on any atom is 0.289 e. The van der Waals surface area contributed by atoms with Gasteiger partial charge in [0.1, 0.15) is 12.0 Å². The van der Waals surface area contributed by atoms with Crippen LogP contribution in [0.15, 0.2) is 12.3 Å². The third-order valence-corrected chi connectivity index (χ3v) is 3.14. The topological polar surface area (TPSA) is 85.3 Å². The van der Waals surface area contributed by atoms with Gasteiger partial charge in [0.15, 0.2) is 0 Å². The second-order valence-corrected chi connectivity index (χ2v) is 4.49. The minimum absolute atomic E-state index is 0.0903. The van der Waals surface area contributed by atoms with Gasteiger partial charge in [0.05, 0.1) is 9.95 Å². The number of aromatic nitrogens is 1. The molecule has 2 rings (SSSR count). The molecule has 1 fully saturated rings. The number of hydrogen-bond donors (Lipinski definition) is 1. The molecule has 2 heterocycles. The van der Waals surface area contributed by atoms with E-state index in [9.17, 15) is 10.1 Å². The van der Waals surface area contributed by atoms with Gasteiger partial charge >= 0.3 is 0 Å². The van der Waals surface area contributed by atoms with Gasteiger partial charge in [-0.25, -0.2) is 4.98 Å². The van der Waals surface area contributed by atoms with Gasteiger partial charge in [-0.05, 0) is 12.8 Å². The number of anilines is 1. The zero-order valence-corrected chi connectivity index (χ0v) is 9.93. The van der Waals surface area contributed by atoms with Gasteiger partial charge in [-0.3, -0.25) is 10.1 Å². The number of piperidine rings is 1. The monoisotopic (exact) mass is 256 g/mol. The third-order valence-electron chi connectivity index (χ3n) is 2.86. The summed E-state index contributed by atoms with van der Waals surface area (Å²) >= 11 is 6.00. The number of halogens is 1. The Morgan fingerprint density at radius 2 is 2.18 bits per heavy atom. The minimum Gasteiger partial charge on any atom is -0.355 e. The summed E-state index contributed by atoms with van der Waals surface area (Å²) in [6.07, 6.45) is 3.00. The molecule has 0 aliphatic carbocycles. The molecule has 1 saturated heterocycles. The van der Waals surface area contributed by atoms with Crippen molar-refractivity contribution in [2.45, 2.75) is 18.9 Å². The molecule has 7 heteroatoms. The molecule has 1 aromatic heterocycles. The lowest BCUT2D eigenvalue weighted by atomic mass is 10.1. The van der Waals surface area contributed by atoms with Crippen LogP contribution in [0.1, 0.15) is 12.8 Å². The van der Waals surface area contributed by atoms with Crippen LogP contribution in [0.5, 0.6) is 0 Å². The maximum absolute atomic E-state index is 10.6. The van der Waals surface area contributed by atoms with Crippen LogP contribution in [0.2, 0.25) is 5.02 Å². The first kappa shape index (κ1) is 12.1. The van der Waals surface area contributed by atoms with Crippen LogP contribution in [0.4, 0.5) is 11.5 Å². The third kappa shape index (κ3) is 2.65. The highest BCUT2D eigenvalue weighted by molar-refractivity contribution is 6.33. The van der Waals surface area contributed by atoms with Crippen LogP contribution in [0, 0.1) is 10.1 Å². The predicted molar refractivity (Wildman–Crippen MR) is 65.3 cm³/mol. The van der Waals surface area contributed by atoms with Gasteiger partial charge in [0.25, 0.3) is 5.69 Å². The molecule has 0 amide bonds. The lowest BCUT2D eigenvalue weighted by Crippen LogP contribution is -2.40. The summed E-state index contributed by atoms with van der Waals surface area (Å²) in [5, 5.41) is 10.9. The van der Waals surface area contributed by atoms with Crippen LogP contribution < -0.4 is 10.6 Å². The van der Waals surface area contributed by atoms with Crippen molar-refractivity contribution in [1.82, 2.24) is 4.98 Å². The number of nitro groups is 1. The van der Waals surface area contributed by atoms with E-state index in [1.165, 1.54) is 12.3 Å². The minimum atomic E-state index is -0.505. The lowest BCUT2D eigenvalue weighted by Gasteiger charge is -2.31. The predicted octanol–water partition coefficient (Wildman–Crippen LogP) is 1.57. The van der Waals surface area contributed by atoms with Crippen LogP contribution in [-0.2, 0) is 0 Å². The van der Waals surface area contributed by atoms with Crippen molar-refractivity contribution >= 4 is 23.1 Å². The summed E-state index contributed by atoms with van der Waals surface area (Å²) in [7, 11) is 0. The first-order valence-corrected chi connectivity index (χ1v) is 5.76. The smallest absolute Gasteiger partial charge is 0.289 e. The second kappa shape index (κ2) is 4.85. The van der Waals surface area contributed by atoms with Gasteiger partial charge in [0.2, 0.25) is 0 Å². The fraction of sp³-hybridized carbons (Fsp3) is 0.500. The van der Waals surface area contributed by atoms with Crippen molar-refractivity contribution in [3.8, 4) is 0 Å². The number of nitrogens with two attached hydrogens (primary N) is 1. The van der Waals surface area contributed by atoms with E-state index in [1.54, 1.807) is 0 Å². The SMILES string of the molecule is NC1CCN(c2ncc([N+](=O)[O-])cc2Cl)CC1. The standard InChI is InChI=1S/C10H13ClN4O2/c11-9-5-8(15(16)17)6-13-10(9)14-3-1-7(12)2-4-14/h5-7H,1-4,12H2. The number of nitrogens with zero attached hydrogens (tertiary/aromatic N) is 3. The van der Waals surface area contributed by atoms with E-state index in [1.807, 2.05) is 4.90 Å². The quantitative estimate of drug-likeness (QED) is 0.641. The molecule has 2 N–H and O–H groups in total. The van der Waals surface area contributed by atoms with Crippen molar-refractivity contribution in [3.05, 3.63) is 27.4 Å². The molecule has 0 radical (unpaired) electrons. The highest BCUT2D eigenvalue weighted by Crippen LogP contribution is 2.28. The highest BCUT2D eigenvalue weighted by Gasteiger charge is 2.20. The van der Waals surface area contributed by atoms with E-state index in [0.29, 0.717) is 10.8 Å². The number of pyridine rings is 1.